The summed E-state index contributed by atoms with van der Waals surface area (Å²) < 4.78 is 15.8. The number of nitrogens with one attached hydrogen (secondary N) is 1. The molecule has 0 radical (unpaired) electrons. The Bertz CT molecular complexity index is 777. The van der Waals surface area contributed by atoms with Crippen molar-refractivity contribution in [3.63, 3.8) is 0 Å². The van der Waals surface area contributed by atoms with Crippen LogP contribution in [0.1, 0.15) is 21.5 Å². The minimum Gasteiger partial charge on any atom is -0.493 e. The third-order valence-electron chi connectivity index (χ3n) is 3.81. The van der Waals surface area contributed by atoms with E-state index in [1.807, 2.05) is 0 Å². The Balaban J connectivity index is 2.09. The summed E-state index contributed by atoms with van der Waals surface area (Å²) in [6, 6.07) is 9.92. The molecule has 138 valence electrons. The number of carbonyl (C=O) groups excluding carboxylic acids is 1. The molecule has 0 aliphatic heterocycles. The van der Waals surface area contributed by atoms with Crippen molar-refractivity contribution >= 4 is 11.9 Å². The van der Waals surface area contributed by atoms with E-state index in [0.717, 1.165) is 5.56 Å². The van der Waals surface area contributed by atoms with Crippen LogP contribution in [0.5, 0.6) is 17.2 Å². The maximum Gasteiger partial charge on any atom is 0.335 e. The highest BCUT2D eigenvalue weighted by Gasteiger charge is 2.15. The highest BCUT2D eigenvalue weighted by atomic mass is 16.5. The van der Waals surface area contributed by atoms with Gasteiger partial charge in [-0.15, -0.1) is 0 Å². The Labute approximate surface area is 151 Å². The molecule has 0 aromatic heterocycles. The molecule has 0 aliphatic rings. The molecule has 0 bridgehead atoms. The lowest BCUT2D eigenvalue weighted by molar-refractivity contribution is -0.120. The second-order valence-corrected chi connectivity index (χ2v) is 5.45. The van der Waals surface area contributed by atoms with E-state index < -0.39 is 5.97 Å². The Kier molecular flexibility index (Phi) is 6.43. The normalized spacial score (nSPS) is 10.1. The quantitative estimate of drug-likeness (QED) is 0.751. The molecule has 0 fully saturated rings. The van der Waals surface area contributed by atoms with Gasteiger partial charge in [-0.05, 0) is 29.3 Å². The lowest BCUT2D eigenvalue weighted by atomic mass is 10.0. The van der Waals surface area contributed by atoms with Gasteiger partial charge >= 0.3 is 5.97 Å². The van der Waals surface area contributed by atoms with E-state index in [9.17, 15) is 14.7 Å². The molecule has 2 aromatic carbocycles. The zero-order valence-corrected chi connectivity index (χ0v) is 14.9. The lowest BCUT2D eigenvalue weighted by Crippen LogP contribution is -2.25. The van der Waals surface area contributed by atoms with E-state index in [4.69, 9.17) is 14.2 Å². The standard InChI is InChI=1S/C19H21NO6/c1-24-15-8-12(9-16(25-2)18(15)26-3)11-20-17(21)10-13-6-4-5-7-14(13)19(22)23/h4-9H,10-11H2,1-3H3,(H,20,21)(H,22,23). The first kappa shape index (κ1) is 19.1. The molecule has 2 N–H and O–H groups in total. The van der Waals surface area contributed by atoms with Crippen LogP contribution >= 0.6 is 0 Å². The number of benzene rings is 2. The van der Waals surface area contributed by atoms with E-state index in [1.165, 1.54) is 27.4 Å². The van der Waals surface area contributed by atoms with Gasteiger partial charge < -0.3 is 24.6 Å². The van der Waals surface area contributed by atoms with Gasteiger partial charge in [0.25, 0.3) is 0 Å². The van der Waals surface area contributed by atoms with Crippen LogP contribution < -0.4 is 19.5 Å². The zero-order valence-electron chi connectivity index (χ0n) is 14.9. The molecule has 0 unspecified atom stereocenters. The summed E-state index contributed by atoms with van der Waals surface area (Å²) in [5.41, 5.74) is 1.34. The van der Waals surface area contributed by atoms with Crippen LogP contribution in [-0.4, -0.2) is 38.3 Å². The van der Waals surface area contributed by atoms with E-state index in [-0.39, 0.29) is 24.4 Å². The maximum absolute atomic E-state index is 12.2. The number of rotatable bonds is 8. The van der Waals surface area contributed by atoms with Crippen LogP contribution in [0.2, 0.25) is 0 Å². The second-order valence-electron chi connectivity index (χ2n) is 5.45. The zero-order chi connectivity index (χ0) is 19.1. The Morgan fingerprint density at radius 2 is 1.62 bits per heavy atom. The fraction of sp³-hybridized carbons (Fsp3) is 0.263. The Morgan fingerprint density at radius 1 is 1.00 bits per heavy atom. The predicted octanol–water partition coefficient (Wildman–Crippen LogP) is 2.27. The van der Waals surface area contributed by atoms with Crippen LogP contribution in [0.15, 0.2) is 36.4 Å². The van der Waals surface area contributed by atoms with Gasteiger partial charge in [0.2, 0.25) is 11.7 Å². The topological polar surface area (TPSA) is 94.1 Å². The molecule has 7 heteroatoms. The number of amides is 1. The molecule has 26 heavy (non-hydrogen) atoms. The number of carbonyl (C=O) groups is 2. The number of ether oxygens (including phenoxy) is 3. The van der Waals surface area contributed by atoms with Gasteiger partial charge in [0.15, 0.2) is 11.5 Å². The first-order chi connectivity index (χ1) is 12.5. The van der Waals surface area contributed by atoms with E-state index in [2.05, 4.69) is 5.32 Å². The molecule has 0 saturated carbocycles. The minimum atomic E-state index is -1.06. The average molecular weight is 359 g/mol. The van der Waals surface area contributed by atoms with Crippen LogP contribution in [0, 0.1) is 0 Å². The van der Waals surface area contributed by atoms with Crippen molar-refractivity contribution in [1.82, 2.24) is 5.32 Å². The molecular weight excluding hydrogens is 338 g/mol. The Hall–Kier alpha value is -3.22. The first-order valence-corrected chi connectivity index (χ1v) is 7.87. The number of methoxy groups -OCH3 is 3. The summed E-state index contributed by atoms with van der Waals surface area (Å²) in [4.78, 5) is 23.4. The highest BCUT2D eigenvalue weighted by molar-refractivity contribution is 5.91. The van der Waals surface area contributed by atoms with Gasteiger partial charge in [0.1, 0.15) is 0 Å². The molecule has 2 aromatic rings. The molecule has 0 spiro atoms. The van der Waals surface area contributed by atoms with Crippen molar-refractivity contribution in [2.24, 2.45) is 0 Å². The van der Waals surface area contributed by atoms with E-state index in [1.54, 1.807) is 30.3 Å². The average Bonchev–Trinajstić information content (AvgIpc) is 2.65. The van der Waals surface area contributed by atoms with E-state index >= 15 is 0 Å². The number of carboxylic acids is 1. The highest BCUT2D eigenvalue weighted by Crippen LogP contribution is 2.38. The minimum absolute atomic E-state index is 0.0209. The number of carboxylic acid groups (broad SMARTS) is 1. The SMILES string of the molecule is COc1cc(CNC(=O)Cc2ccccc2C(=O)O)cc(OC)c1OC. The summed E-state index contributed by atoms with van der Waals surface area (Å²) in [7, 11) is 4.55. The lowest BCUT2D eigenvalue weighted by Gasteiger charge is -2.14. The van der Waals surface area contributed by atoms with Crippen LogP contribution in [0.3, 0.4) is 0 Å². The van der Waals surface area contributed by atoms with Crippen molar-refractivity contribution in [1.29, 1.82) is 0 Å². The van der Waals surface area contributed by atoms with Crippen LogP contribution in [-0.2, 0) is 17.8 Å². The molecule has 2 rings (SSSR count). The van der Waals surface area contributed by atoms with Gasteiger partial charge in [-0.25, -0.2) is 4.79 Å². The van der Waals surface area contributed by atoms with Gasteiger partial charge in [-0.1, -0.05) is 18.2 Å². The van der Waals surface area contributed by atoms with Gasteiger partial charge in [0, 0.05) is 6.54 Å². The third kappa shape index (κ3) is 4.44. The van der Waals surface area contributed by atoms with Crippen LogP contribution in [0.25, 0.3) is 0 Å². The summed E-state index contributed by atoms with van der Waals surface area (Å²) in [5, 5.41) is 11.9. The summed E-state index contributed by atoms with van der Waals surface area (Å²) in [6.45, 7) is 0.241. The maximum atomic E-state index is 12.2. The largest absolute Gasteiger partial charge is 0.493 e. The monoisotopic (exact) mass is 359 g/mol. The molecule has 1 amide bonds. The third-order valence-corrected chi connectivity index (χ3v) is 3.81. The molecule has 0 atom stereocenters. The number of aromatic carboxylic acids is 1. The van der Waals surface area contributed by atoms with Crippen molar-refractivity contribution in [2.45, 2.75) is 13.0 Å². The smallest absolute Gasteiger partial charge is 0.335 e. The molecule has 0 saturated heterocycles. The van der Waals surface area contributed by atoms with Gasteiger partial charge in [0.05, 0.1) is 33.3 Å². The van der Waals surface area contributed by atoms with E-state index in [0.29, 0.717) is 22.8 Å². The Morgan fingerprint density at radius 3 is 2.15 bits per heavy atom. The van der Waals surface area contributed by atoms with Crippen molar-refractivity contribution in [2.75, 3.05) is 21.3 Å². The van der Waals surface area contributed by atoms with Crippen LogP contribution in [0.4, 0.5) is 0 Å². The predicted molar refractivity (Wildman–Crippen MR) is 95.1 cm³/mol. The van der Waals surface area contributed by atoms with Crippen molar-refractivity contribution in [3.05, 3.63) is 53.1 Å². The fourth-order valence-electron chi connectivity index (χ4n) is 2.56. The first-order valence-electron chi connectivity index (χ1n) is 7.87. The molecule has 0 heterocycles. The van der Waals surface area contributed by atoms with Gasteiger partial charge in [-0.3, -0.25) is 4.79 Å². The molecule has 0 aliphatic carbocycles. The fourth-order valence-corrected chi connectivity index (χ4v) is 2.56. The molecular formula is C19H21NO6. The van der Waals surface area contributed by atoms with Crippen molar-refractivity contribution in [3.8, 4) is 17.2 Å². The molecule has 7 nitrogen and oxygen atoms in total. The number of hydrogen-bond donors (Lipinski definition) is 2. The number of hydrogen-bond acceptors (Lipinski definition) is 5. The van der Waals surface area contributed by atoms with Gasteiger partial charge in [-0.2, -0.15) is 0 Å². The summed E-state index contributed by atoms with van der Waals surface area (Å²) >= 11 is 0. The summed E-state index contributed by atoms with van der Waals surface area (Å²) in [5.74, 6) is 0.116. The summed E-state index contributed by atoms with van der Waals surface area (Å²) in [6.07, 6.45) is -0.0209. The van der Waals surface area contributed by atoms with Crippen molar-refractivity contribution < 1.29 is 28.9 Å². The second kappa shape index (κ2) is 8.75.